The zero-order chi connectivity index (χ0) is 16.2. The summed E-state index contributed by atoms with van der Waals surface area (Å²) in [5.74, 6) is -1.07. The summed E-state index contributed by atoms with van der Waals surface area (Å²) in [7, 11) is -4.68. The molecule has 0 unspecified atom stereocenters. The van der Waals surface area contributed by atoms with Crippen molar-refractivity contribution in [2.45, 2.75) is 4.90 Å². The Morgan fingerprint density at radius 1 is 0.864 bits per heavy atom. The molecule has 0 fully saturated rings. The van der Waals surface area contributed by atoms with Crippen LogP contribution >= 0.6 is 0 Å². The molecule has 0 bridgehead atoms. The minimum atomic E-state index is -4.68. The molecule has 8 heteroatoms. The first-order valence-corrected chi connectivity index (χ1v) is 7.55. The van der Waals surface area contributed by atoms with Crippen LogP contribution in [0, 0.1) is 0 Å². The van der Waals surface area contributed by atoms with Crippen molar-refractivity contribution >= 4 is 33.1 Å². The van der Waals surface area contributed by atoms with Gasteiger partial charge >= 0.3 is 0 Å². The topological polar surface area (TPSA) is 141 Å². The highest BCUT2D eigenvalue weighted by Crippen LogP contribution is 2.37. The molecule has 7 nitrogen and oxygen atoms in total. The van der Waals surface area contributed by atoms with Crippen LogP contribution in [0.2, 0.25) is 0 Å². The highest BCUT2D eigenvalue weighted by Gasteiger charge is 2.34. The van der Waals surface area contributed by atoms with E-state index in [4.69, 9.17) is 11.5 Å². The predicted octanol–water partition coefficient (Wildman–Crippen LogP) is 0.873. The van der Waals surface area contributed by atoms with Gasteiger partial charge in [-0.3, -0.25) is 14.1 Å². The van der Waals surface area contributed by atoms with E-state index in [1.807, 2.05) is 0 Å². The van der Waals surface area contributed by atoms with Crippen LogP contribution in [-0.2, 0) is 10.1 Å². The van der Waals surface area contributed by atoms with Crippen molar-refractivity contribution in [1.82, 2.24) is 0 Å². The van der Waals surface area contributed by atoms with E-state index in [1.165, 1.54) is 12.1 Å². The number of hydrogen-bond acceptors (Lipinski definition) is 6. The highest BCUT2D eigenvalue weighted by molar-refractivity contribution is 7.86. The summed E-state index contributed by atoms with van der Waals surface area (Å²) in [6.45, 7) is 0. The van der Waals surface area contributed by atoms with Gasteiger partial charge in [-0.05, 0) is 6.07 Å². The maximum atomic E-state index is 12.5. The number of ketones is 2. The Morgan fingerprint density at radius 3 is 1.95 bits per heavy atom. The van der Waals surface area contributed by atoms with Gasteiger partial charge < -0.3 is 11.5 Å². The lowest BCUT2D eigenvalue weighted by Crippen LogP contribution is -2.24. The van der Waals surface area contributed by atoms with E-state index in [0.717, 1.165) is 6.07 Å². The van der Waals surface area contributed by atoms with Crippen molar-refractivity contribution in [2.24, 2.45) is 0 Å². The van der Waals surface area contributed by atoms with Gasteiger partial charge in [0, 0.05) is 16.7 Å². The molecule has 2 aromatic rings. The third kappa shape index (κ3) is 1.81. The van der Waals surface area contributed by atoms with E-state index >= 15 is 0 Å². The zero-order valence-electron chi connectivity index (χ0n) is 11.0. The Balaban J connectivity index is 2.42. The zero-order valence-corrected chi connectivity index (χ0v) is 11.8. The molecule has 1 aliphatic carbocycles. The van der Waals surface area contributed by atoms with E-state index in [9.17, 15) is 22.6 Å². The van der Waals surface area contributed by atoms with Crippen molar-refractivity contribution in [3.63, 3.8) is 0 Å². The molecule has 0 spiro atoms. The number of fused-ring (bicyclic) bond motifs is 2. The van der Waals surface area contributed by atoms with Crippen LogP contribution in [0.15, 0.2) is 35.2 Å². The molecular formula is C14H10N2O5S. The summed E-state index contributed by atoms with van der Waals surface area (Å²) in [6.07, 6.45) is 0. The van der Waals surface area contributed by atoms with Crippen molar-refractivity contribution in [3.05, 3.63) is 52.6 Å². The van der Waals surface area contributed by atoms with Crippen LogP contribution in [0.3, 0.4) is 0 Å². The summed E-state index contributed by atoms with van der Waals surface area (Å²) in [6, 6.07) is 7.00. The minimum absolute atomic E-state index is 0.144. The van der Waals surface area contributed by atoms with E-state index < -0.39 is 32.3 Å². The second kappa shape index (κ2) is 4.39. The summed E-state index contributed by atoms with van der Waals surface area (Å²) in [5, 5.41) is 0. The molecule has 0 aliphatic heterocycles. The third-order valence-electron chi connectivity index (χ3n) is 3.54. The lowest BCUT2D eigenvalue weighted by molar-refractivity contribution is 0.0979. The van der Waals surface area contributed by atoms with Crippen molar-refractivity contribution in [3.8, 4) is 0 Å². The minimum Gasteiger partial charge on any atom is -0.396 e. The number of carbonyl (C=O) groups excluding carboxylic acids is 2. The van der Waals surface area contributed by atoms with Gasteiger partial charge in [0.1, 0.15) is 4.90 Å². The summed E-state index contributed by atoms with van der Waals surface area (Å²) >= 11 is 0. The molecule has 0 radical (unpaired) electrons. The van der Waals surface area contributed by atoms with Crippen LogP contribution in [0.1, 0.15) is 31.8 Å². The predicted molar refractivity (Wildman–Crippen MR) is 78.4 cm³/mol. The number of nitrogen functional groups attached to an aromatic ring is 2. The fourth-order valence-electron chi connectivity index (χ4n) is 2.49. The molecule has 0 amide bonds. The van der Waals surface area contributed by atoms with Crippen LogP contribution in [0.4, 0.5) is 11.4 Å². The second-order valence-corrected chi connectivity index (χ2v) is 6.19. The standard InChI is InChI=1S/C14H10N2O5S/c15-11-9(22(19,20)21)5-8-10(12(11)16)14(18)7-4-2-1-3-6(7)13(8)17/h1-5H,15-16H2,(H,19,20,21). The molecular weight excluding hydrogens is 308 g/mol. The van der Waals surface area contributed by atoms with E-state index in [1.54, 1.807) is 12.1 Å². The largest absolute Gasteiger partial charge is 0.396 e. The summed E-state index contributed by atoms with van der Waals surface area (Å²) in [4.78, 5) is 24.3. The second-order valence-electron chi connectivity index (χ2n) is 4.80. The van der Waals surface area contributed by atoms with Gasteiger partial charge in [-0.15, -0.1) is 0 Å². The van der Waals surface area contributed by atoms with Gasteiger partial charge in [0.05, 0.1) is 16.9 Å². The van der Waals surface area contributed by atoms with Gasteiger partial charge in [0.25, 0.3) is 10.1 Å². The van der Waals surface area contributed by atoms with Crippen LogP contribution < -0.4 is 11.5 Å². The van der Waals surface area contributed by atoms with E-state index in [2.05, 4.69) is 0 Å². The van der Waals surface area contributed by atoms with Crippen molar-refractivity contribution in [2.75, 3.05) is 11.5 Å². The number of anilines is 2. The molecule has 0 saturated carbocycles. The molecule has 0 aromatic heterocycles. The fourth-order valence-corrected chi connectivity index (χ4v) is 3.14. The SMILES string of the molecule is Nc1c(S(=O)(=O)O)cc2c(c1N)C(=O)c1ccccc1C2=O. The highest BCUT2D eigenvalue weighted by atomic mass is 32.2. The lowest BCUT2D eigenvalue weighted by atomic mass is 9.83. The van der Waals surface area contributed by atoms with Gasteiger partial charge in [-0.2, -0.15) is 8.42 Å². The first kappa shape index (κ1) is 14.2. The number of rotatable bonds is 1. The average Bonchev–Trinajstić information content (AvgIpc) is 2.46. The summed E-state index contributed by atoms with van der Waals surface area (Å²) in [5.41, 5.74) is 10.5. The Labute approximate surface area is 125 Å². The maximum absolute atomic E-state index is 12.5. The molecule has 1 aliphatic rings. The van der Waals surface area contributed by atoms with Gasteiger partial charge in [-0.1, -0.05) is 24.3 Å². The Kier molecular flexibility index (Phi) is 2.84. The first-order chi connectivity index (χ1) is 10.2. The van der Waals surface area contributed by atoms with Crippen LogP contribution in [-0.4, -0.2) is 24.5 Å². The fraction of sp³-hybridized carbons (Fsp3) is 0. The smallest absolute Gasteiger partial charge is 0.296 e. The molecule has 112 valence electrons. The molecule has 2 aromatic carbocycles. The summed E-state index contributed by atoms with van der Waals surface area (Å²) < 4.78 is 31.9. The molecule has 22 heavy (non-hydrogen) atoms. The van der Waals surface area contributed by atoms with Crippen molar-refractivity contribution < 1.29 is 22.6 Å². The molecule has 5 N–H and O–H groups in total. The normalized spacial score (nSPS) is 13.7. The lowest BCUT2D eigenvalue weighted by Gasteiger charge is -2.20. The Morgan fingerprint density at radius 2 is 1.41 bits per heavy atom. The average molecular weight is 318 g/mol. The maximum Gasteiger partial charge on any atom is 0.296 e. The van der Waals surface area contributed by atoms with E-state index in [-0.39, 0.29) is 27.9 Å². The molecule has 0 saturated heterocycles. The quantitative estimate of drug-likeness (QED) is 0.446. The van der Waals surface area contributed by atoms with E-state index in [0.29, 0.717) is 0 Å². The number of nitrogens with two attached hydrogens (primary N) is 2. The number of carbonyl (C=O) groups is 2. The van der Waals surface area contributed by atoms with Gasteiger partial charge in [0.15, 0.2) is 11.6 Å². The Bertz CT molecular complexity index is 963. The van der Waals surface area contributed by atoms with Gasteiger partial charge in [-0.25, -0.2) is 0 Å². The molecule has 3 rings (SSSR count). The van der Waals surface area contributed by atoms with Gasteiger partial charge in [0.2, 0.25) is 0 Å². The van der Waals surface area contributed by atoms with Crippen LogP contribution in [0.25, 0.3) is 0 Å². The third-order valence-corrected chi connectivity index (χ3v) is 4.43. The number of benzene rings is 2. The molecule has 0 heterocycles. The van der Waals surface area contributed by atoms with Crippen molar-refractivity contribution in [1.29, 1.82) is 0 Å². The number of hydrogen-bond donors (Lipinski definition) is 3. The van der Waals surface area contributed by atoms with Crippen LogP contribution in [0.5, 0.6) is 0 Å². The molecule has 0 atom stereocenters. The Hall–Kier alpha value is -2.71. The monoisotopic (exact) mass is 318 g/mol. The first-order valence-electron chi connectivity index (χ1n) is 6.11.